The Labute approximate surface area is 185 Å². The quantitative estimate of drug-likeness (QED) is 0.355. The summed E-state index contributed by atoms with van der Waals surface area (Å²) < 4.78 is 0. The molecule has 0 spiro atoms. The number of hydrogen-bond donors (Lipinski definition) is 0. The lowest BCUT2D eigenvalue weighted by molar-refractivity contribution is 0.687. The number of allylic oxidation sites excluding steroid dienone is 1. The van der Waals surface area contributed by atoms with Crippen LogP contribution in [0.25, 0.3) is 0 Å². The first-order valence-corrected chi connectivity index (χ1v) is 12.7. The number of halogens is 1. The Morgan fingerprint density at radius 2 is 2.10 bits per heavy atom. The van der Waals surface area contributed by atoms with Crippen LogP contribution in [0.15, 0.2) is 56.7 Å². The number of aliphatic imine (C=N–C) groups is 1. The molecule has 0 saturated carbocycles. The maximum atomic E-state index is 6.35. The van der Waals surface area contributed by atoms with E-state index in [1.54, 1.807) is 29.2 Å². The second-order valence-electron chi connectivity index (χ2n) is 7.80. The van der Waals surface area contributed by atoms with Crippen molar-refractivity contribution in [2.45, 2.75) is 72.4 Å². The van der Waals surface area contributed by atoms with E-state index in [1.165, 1.54) is 48.4 Å². The van der Waals surface area contributed by atoms with Gasteiger partial charge in [-0.05, 0) is 49.3 Å². The molecule has 1 aromatic carbocycles. The van der Waals surface area contributed by atoms with Gasteiger partial charge in [0.05, 0.1) is 16.5 Å². The highest BCUT2D eigenvalue weighted by atomic mass is 35.5. The molecule has 0 radical (unpaired) electrons. The van der Waals surface area contributed by atoms with E-state index in [-0.39, 0.29) is 5.37 Å². The lowest BCUT2D eigenvalue weighted by Crippen LogP contribution is -2.21. The van der Waals surface area contributed by atoms with Crippen molar-refractivity contribution in [3.05, 3.63) is 58.0 Å². The Morgan fingerprint density at radius 3 is 2.97 bits per heavy atom. The molecule has 3 aliphatic rings. The monoisotopic (exact) mass is 441 g/mol. The van der Waals surface area contributed by atoms with Gasteiger partial charge >= 0.3 is 0 Å². The van der Waals surface area contributed by atoms with Crippen molar-refractivity contribution in [3.63, 3.8) is 0 Å². The van der Waals surface area contributed by atoms with E-state index in [9.17, 15) is 0 Å². The van der Waals surface area contributed by atoms with Gasteiger partial charge in [0.1, 0.15) is 16.7 Å². The number of hydrogen-bond acceptors (Lipinski definition) is 5. The molecule has 6 heteroatoms. The zero-order chi connectivity index (χ0) is 19.8. The lowest BCUT2D eigenvalue weighted by Gasteiger charge is -2.26. The van der Waals surface area contributed by atoms with E-state index in [0.29, 0.717) is 5.92 Å². The first-order chi connectivity index (χ1) is 14.3. The van der Waals surface area contributed by atoms with Crippen LogP contribution in [0, 0.1) is 0 Å². The molecule has 150 valence electrons. The first-order valence-electron chi connectivity index (χ1n) is 10.4. The van der Waals surface area contributed by atoms with Crippen molar-refractivity contribution < 1.29 is 0 Å². The summed E-state index contributed by atoms with van der Waals surface area (Å²) in [5.74, 6) is 1.17. The Hall–Kier alpha value is -1.30. The summed E-state index contributed by atoms with van der Waals surface area (Å²) in [6.45, 7) is 2.26. The predicted molar refractivity (Wildman–Crippen MR) is 123 cm³/mol. The van der Waals surface area contributed by atoms with Crippen molar-refractivity contribution in [1.29, 1.82) is 0 Å². The number of nitrogens with zero attached hydrogens (tertiary/aromatic N) is 3. The number of aromatic nitrogens is 2. The summed E-state index contributed by atoms with van der Waals surface area (Å²) >= 11 is 9.98. The zero-order valence-corrected chi connectivity index (χ0v) is 18.9. The molecule has 1 aliphatic carbocycles. The van der Waals surface area contributed by atoms with Gasteiger partial charge in [-0.1, -0.05) is 60.5 Å². The highest BCUT2D eigenvalue weighted by Gasteiger charge is 2.44. The van der Waals surface area contributed by atoms with Crippen molar-refractivity contribution in [2.24, 2.45) is 4.99 Å². The molecule has 2 atom stereocenters. The number of dihydropyridines is 1. The van der Waals surface area contributed by atoms with Gasteiger partial charge in [-0.15, -0.1) is 11.8 Å². The summed E-state index contributed by atoms with van der Waals surface area (Å²) in [5.41, 5.74) is 6.89. The molecule has 0 bridgehead atoms. The largest absolute Gasteiger partial charge is 0.274 e. The van der Waals surface area contributed by atoms with Gasteiger partial charge in [0.2, 0.25) is 0 Å². The van der Waals surface area contributed by atoms with Crippen molar-refractivity contribution in [3.8, 4) is 0 Å². The van der Waals surface area contributed by atoms with Gasteiger partial charge < -0.3 is 0 Å². The normalized spacial score (nSPS) is 22.3. The number of rotatable bonds is 6. The maximum absolute atomic E-state index is 6.35. The minimum atomic E-state index is 0.241. The maximum Gasteiger partial charge on any atom is 0.117 e. The Morgan fingerprint density at radius 1 is 1.21 bits per heavy atom. The Balaban J connectivity index is 1.44. The minimum Gasteiger partial charge on any atom is -0.274 e. The van der Waals surface area contributed by atoms with Crippen LogP contribution in [0.5, 0.6) is 0 Å². The van der Waals surface area contributed by atoms with Crippen LogP contribution in [0.3, 0.4) is 0 Å². The first kappa shape index (κ1) is 19.7. The second-order valence-corrected chi connectivity index (χ2v) is 10.3. The van der Waals surface area contributed by atoms with Gasteiger partial charge in [-0.2, -0.15) is 0 Å². The standard InChI is InChI=1S/C23H24ClN3S2/c1-2-3-11-18-15-8-6-9-16(15)19-20-21(29-22(19)27-18)23(26-13-25-20)28-12-14-7-4-5-10-17(14)24/h4-5,7,10,13,19,22H,2-3,6,8-9,11-12H2,1H3/t19-,22+/m1/s1. The molecule has 0 fully saturated rings. The fraction of sp³-hybridized carbons (Fsp3) is 0.435. The summed E-state index contributed by atoms with van der Waals surface area (Å²) in [7, 11) is 0. The SMILES string of the molecule is CCCCC1=N[C@H]2Sc3c(SCc4ccccc4Cl)ncnc3[C@H]2C2=C1CCC2. The summed E-state index contributed by atoms with van der Waals surface area (Å²) in [6, 6.07) is 8.05. The van der Waals surface area contributed by atoms with E-state index >= 15 is 0 Å². The van der Waals surface area contributed by atoms with E-state index in [4.69, 9.17) is 21.6 Å². The number of benzene rings is 1. The highest BCUT2D eigenvalue weighted by Crippen LogP contribution is 2.56. The average Bonchev–Trinajstić information content (AvgIpc) is 3.36. The van der Waals surface area contributed by atoms with Gasteiger partial charge in [0.25, 0.3) is 0 Å². The van der Waals surface area contributed by atoms with Crippen molar-refractivity contribution in [1.82, 2.24) is 9.97 Å². The fourth-order valence-corrected chi connectivity index (χ4v) is 7.37. The number of unbranched alkanes of at least 4 members (excludes halogenated alkanes) is 1. The van der Waals surface area contributed by atoms with Crippen LogP contribution in [0.1, 0.15) is 62.6 Å². The van der Waals surface area contributed by atoms with Gasteiger partial charge in [-0.3, -0.25) is 4.99 Å². The molecule has 0 saturated heterocycles. The molecule has 2 aliphatic heterocycles. The minimum absolute atomic E-state index is 0.241. The van der Waals surface area contributed by atoms with Crippen LogP contribution in [-0.4, -0.2) is 21.1 Å². The number of fused-ring (bicyclic) bond motifs is 4. The second kappa shape index (κ2) is 8.44. The molecule has 3 heterocycles. The summed E-state index contributed by atoms with van der Waals surface area (Å²) in [5, 5.41) is 2.13. The van der Waals surface area contributed by atoms with Gasteiger partial charge in [0, 0.05) is 16.5 Å². The summed E-state index contributed by atoms with van der Waals surface area (Å²) in [4.78, 5) is 15.9. The topological polar surface area (TPSA) is 38.1 Å². The Bertz CT molecular complexity index is 1000. The van der Waals surface area contributed by atoms with Crippen LogP contribution < -0.4 is 0 Å². The third-order valence-electron chi connectivity index (χ3n) is 5.97. The van der Waals surface area contributed by atoms with Crippen molar-refractivity contribution >= 4 is 40.8 Å². The highest BCUT2D eigenvalue weighted by molar-refractivity contribution is 8.02. The van der Waals surface area contributed by atoms with Crippen LogP contribution in [0.4, 0.5) is 0 Å². The van der Waals surface area contributed by atoms with E-state index in [1.807, 2.05) is 30.0 Å². The van der Waals surface area contributed by atoms with Crippen LogP contribution >= 0.6 is 35.1 Å². The fourth-order valence-electron chi connectivity index (χ4n) is 4.56. The molecule has 0 amide bonds. The molecular weight excluding hydrogens is 418 g/mol. The predicted octanol–water partition coefficient (Wildman–Crippen LogP) is 7.06. The van der Waals surface area contributed by atoms with Gasteiger partial charge in [0.15, 0.2) is 0 Å². The third kappa shape index (κ3) is 3.66. The molecule has 2 aromatic rings. The van der Waals surface area contributed by atoms with E-state index < -0.39 is 0 Å². The molecular formula is C23H24ClN3S2. The average molecular weight is 442 g/mol. The molecule has 0 unspecified atom stereocenters. The smallest absolute Gasteiger partial charge is 0.117 e. The van der Waals surface area contributed by atoms with Crippen molar-refractivity contribution in [2.75, 3.05) is 0 Å². The van der Waals surface area contributed by atoms with Crippen LogP contribution in [-0.2, 0) is 5.75 Å². The molecule has 0 N–H and O–H groups in total. The lowest BCUT2D eigenvalue weighted by atomic mass is 9.87. The van der Waals surface area contributed by atoms with Crippen LogP contribution in [0.2, 0.25) is 5.02 Å². The summed E-state index contributed by atoms with van der Waals surface area (Å²) in [6.07, 6.45) is 8.96. The Kier molecular flexibility index (Phi) is 5.72. The molecule has 5 rings (SSSR count). The van der Waals surface area contributed by atoms with E-state index in [0.717, 1.165) is 27.8 Å². The van der Waals surface area contributed by atoms with E-state index in [2.05, 4.69) is 18.0 Å². The molecule has 3 nitrogen and oxygen atoms in total. The number of thioether (sulfide) groups is 2. The molecule has 29 heavy (non-hydrogen) atoms. The zero-order valence-electron chi connectivity index (χ0n) is 16.5. The van der Waals surface area contributed by atoms with Gasteiger partial charge in [-0.25, -0.2) is 9.97 Å². The molecule has 1 aromatic heterocycles. The third-order valence-corrected chi connectivity index (χ3v) is 8.77.